The predicted molar refractivity (Wildman–Crippen MR) is 67.1 cm³/mol. The van der Waals surface area contributed by atoms with Gasteiger partial charge in [0.15, 0.2) is 0 Å². The van der Waals surface area contributed by atoms with E-state index in [-0.39, 0.29) is 29.3 Å². The quantitative estimate of drug-likeness (QED) is 0.876. The molecule has 1 amide bonds. The maximum atomic E-state index is 13.4. The molecule has 18 heavy (non-hydrogen) atoms. The van der Waals surface area contributed by atoms with Crippen LogP contribution in [0, 0.1) is 5.82 Å². The third-order valence-electron chi connectivity index (χ3n) is 2.82. The van der Waals surface area contributed by atoms with E-state index in [1.54, 1.807) is 0 Å². The third kappa shape index (κ3) is 3.41. The number of rotatable bonds is 3. The van der Waals surface area contributed by atoms with Crippen molar-refractivity contribution >= 4 is 23.2 Å². The summed E-state index contributed by atoms with van der Waals surface area (Å²) in [7, 11) is 0. The molecule has 1 aliphatic heterocycles. The number of amides is 1. The summed E-state index contributed by atoms with van der Waals surface area (Å²) in [5.41, 5.74) is 0.115. The molecule has 1 heterocycles. The second-order valence-corrected chi connectivity index (χ2v) is 4.79. The van der Waals surface area contributed by atoms with E-state index >= 15 is 0 Å². The highest BCUT2D eigenvalue weighted by molar-refractivity contribution is 6.30. The molecule has 98 valence electrons. The first kappa shape index (κ1) is 13.3. The van der Waals surface area contributed by atoms with Gasteiger partial charge in [0.1, 0.15) is 5.82 Å². The van der Waals surface area contributed by atoms with E-state index in [4.69, 9.17) is 11.6 Å². The molecule has 1 atom stereocenters. The first-order valence-corrected chi connectivity index (χ1v) is 6.08. The highest BCUT2D eigenvalue weighted by atomic mass is 35.5. The van der Waals surface area contributed by atoms with Crippen LogP contribution in [0.1, 0.15) is 6.42 Å². The number of β-amino-alcohol motifs (C(OH)–C–C–N with tert-alkyl or cyclic N) is 1. The zero-order chi connectivity index (χ0) is 13.1. The molecule has 0 radical (unpaired) electrons. The number of nitrogens with one attached hydrogen (secondary N) is 1. The summed E-state index contributed by atoms with van der Waals surface area (Å²) < 4.78 is 13.4. The molecule has 0 bridgehead atoms. The largest absolute Gasteiger partial charge is 0.392 e. The van der Waals surface area contributed by atoms with Gasteiger partial charge in [-0.2, -0.15) is 0 Å². The lowest BCUT2D eigenvalue weighted by atomic mass is 10.3. The standard InChI is InChI=1S/C12H14ClFN2O2/c13-8-1-2-11(10(14)5-8)15-12(18)7-16-4-3-9(17)6-16/h1-2,5,9,17H,3-4,6-7H2,(H,15,18)/t9-/m1/s1. The van der Waals surface area contributed by atoms with Crippen molar-refractivity contribution in [3.63, 3.8) is 0 Å². The van der Waals surface area contributed by atoms with Crippen LogP contribution < -0.4 is 5.32 Å². The fourth-order valence-corrected chi connectivity index (χ4v) is 2.10. The van der Waals surface area contributed by atoms with Gasteiger partial charge in [0.05, 0.1) is 18.3 Å². The van der Waals surface area contributed by atoms with Crippen molar-refractivity contribution < 1.29 is 14.3 Å². The summed E-state index contributed by atoms with van der Waals surface area (Å²) >= 11 is 5.62. The summed E-state index contributed by atoms with van der Waals surface area (Å²) in [6.45, 7) is 1.31. The van der Waals surface area contributed by atoms with E-state index in [0.29, 0.717) is 19.5 Å². The minimum Gasteiger partial charge on any atom is -0.392 e. The Morgan fingerprint density at radius 3 is 3.00 bits per heavy atom. The topological polar surface area (TPSA) is 52.6 Å². The molecule has 0 aliphatic carbocycles. The molecular formula is C12H14ClFN2O2. The van der Waals surface area contributed by atoms with Gasteiger partial charge in [-0.05, 0) is 24.6 Å². The van der Waals surface area contributed by atoms with E-state index in [2.05, 4.69) is 5.32 Å². The smallest absolute Gasteiger partial charge is 0.238 e. The SMILES string of the molecule is O=C(CN1CC[C@@H](O)C1)Nc1ccc(Cl)cc1F. The number of carbonyl (C=O) groups is 1. The Bertz CT molecular complexity index is 456. The molecule has 0 spiro atoms. The molecule has 0 aromatic heterocycles. The third-order valence-corrected chi connectivity index (χ3v) is 3.06. The Hall–Kier alpha value is -1.17. The van der Waals surface area contributed by atoms with Gasteiger partial charge in [-0.25, -0.2) is 4.39 Å². The van der Waals surface area contributed by atoms with Gasteiger partial charge >= 0.3 is 0 Å². The summed E-state index contributed by atoms with van der Waals surface area (Å²) in [6.07, 6.45) is 0.299. The van der Waals surface area contributed by atoms with Crippen LogP contribution in [-0.2, 0) is 4.79 Å². The van der Waals surface area contributed by atoms with Crippen molar-refractivity contribution in [3.8, 4) is 0 Å². The van der Waals surface area contributed by atoms with Crippen molar-refractivity contribution in [2.75, 3.05) is 25.0 Å². The number of benzene rings is 1. The molecule has 1 aromatic rings. The monoisotopic (exact) mass is 272 g/mol. The Balaban J connectivity index is 1.91. The van der Waals surface area contributed by atoms with Crippen LogP contribution in [0.25, 0.3) is 0 Å². The minimum atomic E-state index is -0.558. The van der Waals surface area contributed by atoms with Crippen LogP contribution >= 0.6 is 11.6 Å². The maximum absolute atomic E-state index is 13.4. The van der Waals surface area contributed by atoms with Crippen molar-refractivity contribution in [2.24, 2.45) is 0 Å². The van der Waals surface area contributed by atoms with Gasteiger partial charge in [0.25, 0.3) is 0 Å². The van der Waals surface area contributed by atoms with Gasteiger partial charge in [-0.1, -0.05) is 11.6 Å². The lowest BCUT2D eigenvalue weighted by Gasteiger charge is -2.14. The second-order valence-electron chi connectivity index (χ2n) is 4.35. The van der Waals surface area contributed by atoms with Crippen molar-refractivity contribution in [1.82, 2.24) is 4.90 Å². The van der Waals surface area contributed by atoms with Crippen molar-refractivity contribution in [2.45, 2.75) is 12.5 Å². The van der Waals surface area contributed by atoms with Gasteiger partial charge < -0.3 is 10.4 Å². The number of halogens is 2. The zero-order valence-electron chi connectivity index (χ0n) is 9.70. The lowest BCUT2D eigenvalue weighted by Crippen LogP contribution is -2.32. The van der Waals surface area contributed by atoms with Crippen LogP contribution in [0.3, 0.4) is 0 Å². The molecule has 6 heteroatoms. The Morgan fingerprint density at radius 1 is 1.61 bits per heavy atom. The van der Waals surface area contributed by atoms with E-state index < -0.39 is 5.82 Å². The van der Waals surface area contributed by atoms with Crippen LogP contribution in [-0.4, -0.2) is 41.7 Å². The maximum Gasteiger partial charge on any atom is 0.238 e. The number of aliphatic hydroxyl groups is 1. The number of likely N-dealkylation sites (tertiary alicyclic amines) is 1. The van der Waals surface area contributed by atoms with Gasteiger partial charge in [-0.15, -0.1) is 0 Å². The average Bonchev–Trinajstić information content (AvgIpc) is 2.68. The summed E-state index contributed by atoms with van der Waals surface area (Å²) in [4.78, 5) is 13.5. The molecule has 4 nitrogen and oxygen atoms in total. The van der Waals surface area contributed by atoms with Gasteiger partial charge in [-0.3, -0.25) is 9.69 Å². The van der Waals surface area contributed by atoms with Crippen LogP contribution in [0.4, 0.5) is 10.1 Å². The fourth-order valence-electron chi connectivity index (χ4n) is 1.94. The molecule has 2 rings (SSSR count). The number of nitrogens with zero attached hydrogens (tertiary/aromatic N) is 1. The number of hydrogen-bond acceptors (Lipinski definition) is 3. The summed E-state index contributed by atoms with van der Waals surface area (Å²) in [6, 6.07) is 4.09. The number of hydrogen-bond donors (Lipinski definition) is 2. The number of carbonyl (C=O) groups excluding carboxylic acids is 1. The highest BCUT2D eigenvalue weighted by Crippen LogP contribution is 2.19. The number of aliphatic hydroxyl groups excluding tert-OH is 1. The predicted octanol–water partition coefficient (Wildman–Crippen LogP) is 1.48. The Morgan fingerprint density at radius 2 is 2.39 bits per heavy atom. The number of anilines is 1. The molecule has 0 saturated carbocycles. The first-order chi connectivity index (χ1) is 8.54. The summed E-state index contributed by atoms with van der Waals surface area (Å²) in [5, 5.41) is 12.1. The highest BCUT2D eigenvalue weighted by Gasteiger charge is 2.22. The molecule has 1 fully saturated rings. The lowest BCUT2D eigenvalue weighted by molar-refractivity contribution is -0.117. The van der Waals surface area contributed by atoms with E-state index in [1.165, 1.54) is 12.1 Å². The zero-order valence-corrected chi connectivity index (χ0v) is 10.5. The molecule has 0 unspecified atom stereocenters. The van der Waals surface area contributed by atoms with E-state index in [9.17, 15) is 14.3 Å². The fraction of sp³-hybridized carbons (Fsp3) is 0.417. The van der Waals surface area contributed by atoms with Crippen LogP contribution in [0.15, 0.2) is 18.2 Å². The Kier molecular flexibility index (Phi) is 4.16. The van der Waals surface area contributed by atoms with Gasteiger partial charge in [0, 0.05) is 18.1 Å². The Labute approximate surface area is 109 Å². The van der Waals surface area contributed by atoms with Crippen molar-refractivity contribution in [1.29, 1.82) is 0 Å². The van der Waals surface area contributed by atoms with Crippen molar-refractivity contribution in [3.05, 3.63) is 29.0 Å². The second kappa shape index (κ2) is 5.65. The van der Waals surface area contributed by atoms with Crippen LogP contribution in [0.5, 0.6) is 0 Å². The molecule has 1 aromatic carbocycles. The molecule has 1 aliphatic rings. The molecular weight excluding hydrogens is 259 g/mol. The van der Waals surface area contributed by atoms with Gasteiger partial charge in [0.2, 0.25) is 5.91 Å². The minimum absolute atomic E-state index is 0.115. The molecule has 2 N–H and O–H groups in total. The first-order valence-electron chi connectivity index (χ1n) is 5.70. The van der Waals surface area contributed by atoms with E-state index in [1.807, 2.05) is 4.90 Å². The molecule has 1 saturated heterocycles. The normalized spacial score (nSPS) is 20.1. The van der Waals surface area contributed by atoms with Crippen LogP contribution in [0.2, 0.25) is 5.02 Å². The van der Waals surface area contributed by atoms with E-state index in [0.717, 1.165) is 6.07 Å². The summed E-state index contributed by atoms with van der Waals surface area (Å²) in [5.74, 6) is -0.859. The average molecular weight is 273 g/mol.